The predicted octanol–water partition coefficient (Wildman–Crippen LogP) is 1.99. The molecule has 0 saturated carbocycles. The molecule has 1 saturated heterocycles. The SMILES string of the molecule is NC(=O)C1CCCN1C(=O)c1csc2ccccc12. The van der Waals surface area contributed by atoms with E-state index < -0.39 is 11.9 Å². The highest BCUT2D eigenvalue weighted by Crippen LogP contribution is 2.29. The molecule has 3 rings (SSSR count). The number of hydrogen-bond acceptors (Lipinski definition) is 3. The Bertz CT molecular complexity index is 650. The van der Waals surface area contributed by atoms with Gasteiger partial charge in [0.1, 0.15) is 6.04 Å². The van der Waals surface area contributed by atoms with Crippen LogP contribution in [0.2, 0.25) is 0 Å². The van der Waals surface area contributed by atoms with E-state index in [9.17, 15) is 9.59 Å². The van der Waals surface area contributed by atoms with E-state index in [-0.39, 0.29) is 5.91 Å². The van der Waals surface area contributed by atoms with Crippen LogP contribution in [0.5, 0.6) is 0 Å². The summed E-state index contributed by atoms with van der Waals surface area (Å²) in [5.41, 5.74) is 6.04. The monoisotopic (exact) mass is 274 g/mol. The van der Waals surface area contributed by atoms with E-state index in [1.807, 2.05) is 29.6 Å². The van der Waals surface area contributed by atoms with Crippen LogP contribution in [0.25, 0.3) is 10.1 Å². The average Bonchev–Trinajstić information content (AvgIpc) is 3.05. The molecular weight excluding hydrogens is 260 g/mol. The lowest BCUT2D eigenvalue weighted by Gasteiger charge is -2.21. The first-order valence-corrected chi connectivity index (χ1v) is 7.13. The summed E-state index contributed by atoms with van der Waals surface area (Å²) in [6.07, 6.45) is 1.50. The minimum absolute atomic E-state index is 0.0845. The number of likely N-dealkylation sites (tertiary alicyclic amines) is 1. The highest BCUT2D eigenvalue weighted by atomic mass is 32.1. The molecule has 4 nitrogen and oxygen atoms in total. The molecule has 0 aliphatic carbocycles. The van der Waals surface area contributed by atoms with Crippen molar-refractivity contribution in [1.29, 1.82) is 0 Å². The number of thiophene rings is 1. The quantitative estimate of drug-likeness (QED) is 0.910. The molecule has 5 heteroatoms. The third-order valence-electron chi connectivity index (χ3n) is 3.55. The second kappa shape index (κ2) is 4.66. The molecule has 19 heavy (non-hydrogen) atoms. The molecule has 1 aliphatic rings. The maximum absolute atomic E-state index is 12.6. The number of carbonyl (C=O) groups excluding carboxylic acids is 2. The van der Waals surface area contributed by atoms with Gasteiger partial charge in [-0.2, -0.15) is 0 Å². The molecule has 2 amide bonds. The topological polar surface area (TPSA) is 63.4 Å². The lowest BCUT2D eigenvalue weighted by atomic mass is 10.1. The molecule has 0 spiro atoms. The van der Waals surface area contributed by atoms with Gasteiger partial charge in [-0.1, -0.05) is 18.2 Å². The third-order valence-corrected chi connectivity index (χ3v) is 4.52. The van der Waals surface area contributed by atoms with Crippen LogP contribution in [0.1, 0.15) is 23.2 Å². The Kier molecular flexibility index (Phi) is 2.98. The van der Waals surface area contributed by atoms with Gasteiger partial charge in [-0.15, -0.1) is 11.3 Å². The third kappa shape index (κ3) is 2.00. The molecule has 98 valence electrons. The largest absolute Gasteiger partial charge is 0.368 e. The Morgan fingerprint density at radius 3 is 2.89 bits per heavy atom. The number of benzene rings is 1. The first-order valence-electron chi connectivity index (χ1n) is 6.25. The van der Waals surface area contributed by atoms with Gasteiger partial charge in [-0.05, 0) is 18.9 Å². The van der Waals surface area contributed by atoms with Crippen LogP contribution in [0.4, 0.5) is 0 Å². The summed E-state index contributed by atoms with van der Waals surface area (Å²) in [6, 6.07) is 7.35. The standard InChI is InChI=1S/C14H14N2O2S/c15-13(17)11-5-3-7-16(11)14(18)10-8-19-12-6-2-1-4-9(10)12/h1-2,4,6,8,11H,3,5,7H2,(H2,15,17). The van der Waals surface area contributed by atoms with Gasteiger partial charge in [0, 0.05) is 22.0 Å². The van der Waals surface area contributed by atoms with Gasteiger partial charge >= 0.3 is 0 Å². The number of amides is 2. The Hall–Kier alpha value is -1.88. The van der Waals surface area contributed by atoms with E-state index in [2.05, 4.69) is 0 Å². The summed E-state index contributed by atoms with van der Waals surface area (Å²) in [4.78, 5) is 25.6. The van der Waals surface area contributed by atoms with Crippen molar-refractivity contribution in [2.75, 3.05) is 6.54 Å². The van der Waals surface area contributed by atoms with Crippen molar-refractivity contribution in [3.8, 4) is 0 Å². The van der Waals surface area contributed by atoms with Gasteiger partial charge in [-0.25, -0.2) is 0 Å². The van der Waals surface area contributed by atoms with Crippen LogP contribution in [0.15, 0.2) is 29.6 Å². The van der Waals surface area contributed by atoms with Crippen molar-refractivity contribution in [1.82, 2.24) is 4.90 Å². The van der Waals surface area contributed by atoms with Gasteiger partial charge < -0.3 is 10.6 Å². The lowest BCUT2D eigenvalue weighted by Crippen LogP contribution is -2.43. The van der Waals surface area contributed by atoms with Crippen LogP contribution >= 0.6 is 11.3 Å². The van der Waals surface area contributed by atoms with Crippen molar-refractivity contribution in [2.24, 2.45) is 5.73 Å². The number of hydrogen-bond donors (Lipinski definition) is 1. The molecule has 0 radical (unpaired) electrons. The van der Waals surface area contributed by atoms with E-state index in [4.69, 9.17) is 5.73 Å². The maximum Gasteiger partial charge on any atom is 0.256 e. The van der Waals surface area contributed by atoms with Gasteiger partial charge in [0.15, 0.2) is 0 Å². The fourth-order valence-electron chi connectivity index (χ4n) is 2.60. The Morgan fingerprint density at radius 1 is 1.32 bits per heavy atom. The summed E-state index contributed by atoms with van der Waals surface area (Å²) in [5, 5.41) is 2.82. The molecule has 1 aromatic carbocycles. The summed E-state index contributed by atoms with van der Waals surface area (Å²) < 4.78 is 1.08. The van der Waals surface area contributed by atoms with E-state index in [1.165, 1.54) is 0 Å². The van der Waals surface area contributed by atoms with E-state index in [1.54, 1.807) is 16.2 Å². The van der Waals surface area contributed by atoms with Crippen LogP contribution in [-0.4, -0.2) is 29.3 Å². The van der Waals surface area contributed by atoms with E-state index >= 15 is 0 Å². The highest BCUT2D eigenvalue weighted by Gasteiger charge is 2.33. The smallest absolute Gasteiger partial charge is 0.256 e. The van der Waals surface area contributed by atoms with Crippen LogP contribution in [0.3, 0.4) is 0 Å². The van der Waals surface area contributed by atoms with Gasteiger partial charge in [0.2, 0.25) is 5.91 Å². The van der Waals surface area contributed by atoms with E-state index in [0.717, 1.165) is 16.5 Å². The highest BCUT2D eigenvalue weighted by molar-refractivity contribution is 7.17. The lowest BCUT2D eigenvalue weighted by molar-refractivity contribution is -0.121. The van der Waals surface area contributed by atoms with E-state index in [0.29, 0.717) is 18.5 Å². The minimum Gasteiger partial charge on any atom is -0.368 e. The molecule has 2 heterocycles. The zero-order valence-electron chi connectivity index (χ0n) is 10.3. The average molecular weight is 274 g/mol. The van der Waals surface area contributed by atoms with Crippen molar-refractivity contribution < 1.29 is 9.59 Å². The van der Waals surface area contributed by atoms with Crippen molar-refractivity contribution in [2.45, 2.75) is 18.9 Å². The molecule has 1 fully saturated rings. The second-order valence-corrected chi connectivity index (χ2v) is 5.62. The normalized spacial score (nSPS) is 18.9. The summed E-state index contributed by atoms with van der Waals surface area (Å²) in [6.45, 7) is 0.608. The fourth-order valence-corrected chi connectivity index (χ4v) is 3.54. The molecule has 2 aromatic rings. The number of carbonyl (C=O) groups is 2. The predicted molar refractivity (Wildman–Crippen MR) is 75.1 cm³/mol. The zero-order valence-corrected chi connectivity index (χ0v) is 11.2. The number of rotatable bonds is 2. The Balaban J connectivity index is 1.98. The van der Waals surface area contributed by atoms with Crippen LogP contribution in [-0.2, 0) is 4.79 Å². The fraction of sp³-hybridized carbons (Fsp3) is 0.286. The molecule has 1 aliphatic heterocycles. The zero-order chi connectivity index (χ0) is 13.4. The van der Waals surface area contributed by atoms with Gasteiger partial charge in [0.05, 0.1) is 5.56 Å². The molecule has 2 N–H and O–H groups in total. The molecule has 0 bridgehead atoms. The molecule has 1 aromatic heterocycles. The molecular formula is C14H14N2O2S. The van der Waals surface area contributed by atoms with Crippen LogP contribution in [0, 0.1) is 0 Å². The molecule has 1 atom stereocenters. The summed E-state index contributed by atoms with van der Waals surface area (Å²) in [5.74, 6) is -0.496. The van der Waals surface area contributed by atoms with Crippen molar-refractivity contribution in [3.63, 3.8) is 0 Å². The number of primary amides is 1. The minimum atomic E-state index is -0.453. The molecule has 1 unspecified atom stereocenters. The first kappa shape index (κ1) is 12.2. The first-order chi connectivity index (χ1) is 9.18. The van der Waals surface area contributed by atoms with Gasteiger partial charge in [0.25, 0.3) is 5.91 Å². The number of nitrogens with two attached hydrogens (primary N) is 1. The Morgan fingerprint density at radius 2 is 2.11 bits per heavy atom. The van der Waals surface area contributed by atoms with Gasteiger partial charge in [-0.3, -0.25) is 9.59 Å². The van der Waals surface area contributed by atoms with Crippen molar-refractivity contribution >= 4 is 33.2 Å². The Labute approximate surface area is 114 Å². The van der Waals surface area contributed by atoms with Crippen LogP contribution < -0.4 is 5.73 Å². The number of fused-ring (bicyclic) bond motifs is 1. The number of nitrogens with zero attached hydrogens (tertiary/aromatic N) is 1. The maximum atomic E-state index is 12.6. The summed E-state index contributed by atoms with van der Waals surface area (Å²) >= 11 is 1.55. The summed E-state index contributed by atoms with van der Waals surface area (Å²) in [7, 11) is 0. The second-order valence-electron chi connectivity index (χ2n) is 4.70. The van der Waals surface area contributed by atoms with Crippen molar-refractivity contribution in [3.05, 3.63) is 35.2 Å².